The minimum Gasteiger partial charge on any atom is -0.199 e. The summed E-state index contributed by atoms with van der Waals surface area (Å²) in [4.78, 5) is 0.195. The number of aromatic nitrogens is 2. The van der Waals surface area contributed by atoms with Crippen LogP contribution in [0.5, 0.6) is 0 Å². The fourth-order valence-electron chi connectivity index (χ4n) is 2.92. The van der Waals surface area contributed by atoms with E-state index < -0.39 is 10.0 Å². The summed E-state index contributed by atoms with van der Waals surface area (Å²) in [5.41, 5.74) is 3.62. The predicted octanol–water partition coefficient (Wildman–Crippen LogP) is 5.42. The Labute approximate surface area is 169 Å². The zero-order valence-corrected chi connectivity index (χ0v) is 16.7. The molecule has 0 spiro atoms. The van der Waals surface area contributed by atoms with Crippen molar-refractivity contribution in [1.29, 1.82) is 0 Å². The molecule has 0 amide bonds. The number of halogens is 1. The summed E-state index contributed by atoms with van der Waals surface area (Å²) >= 11 is 5.98. The van der Waals surface area contributed by atoms with Gasteiger partial charge in [0.2, 0.25) is 0 Å². The van der Waals surface area contributed by atoms with E-state index in [2.05, 4.69) is 5.10 Å². The Morgan fingerprint density at radius 2 is 1.46 bits per heavy atom. The number of hydrogen-bond donors (Lipinski definition) is 0. The van der Waals surface area contributed by atoms with Crippen LogP contribution in [0.4, 0.5) is 0 Å². The lowest BCUT2D eigenvalue weighted by molar-refractivity contribution is 0.581. The largest absolute Gasteiger partial charge is 0.283 e. The van der Waals surface area contributed by atoms with Crippen LogP contribution in [0.25, 0.3) is 22.5 Å². The highest BCUT2D eigenvalue weighted by Gasteiger charge is 2.24. The van der Waals surface area contributed by atoms with Crippen LogP contribution >= 0.6 is 11.6 Å². The maximum atomic E-state index is 13.3. The van der Waals surface area contributed by atoms with E-state index in [1.54, 1.807) is 42.5 Å². The third-order valence-electron chi connectivity index (χ3n) is 4.43. The molecular weight excluding hydrogens is 392 g/mol. The van der Waals surface area contributed by atoms with Gasteiger partial charge in [-0.05, 0) is 37.3 Å². The monoisotopic (exact) mass is 408 g/mol. The molecule has 1 aromatic heterocycles. The molecule has 0 saturated carbocycles. The molecule has 4 aromatic rings. The Bertz CT molecular complexity index is 1210. The Kier molecular flexibility index (Phi) is 4.79. The van der Waals surface area contributed by atoms with Gasteiger partial charge in [-0.1, -0.05) is 71.8 Å². The fourth-order valence-corrected chi connectivity index (χ4v) is 4.34. The molecule has 6 heteroatoms. The van der Waals surface area contributed by atoms with Gasteiger partial charge in [0.1, 0.15) is 0 Å². The second-order valence-electron chi connectivity index (χ2n) is 6.45. The van der Waals surface area contributed by atoms with Crippen LogP contribution in [-0.2, 0) is 10.0 Å². The molecule has 0 radical (unpaired) electrons. The normalized spacial score (nSPS) is 11.5. The molecule has 0 N–H and O–H groups in total. The summed E-state index contributed by atoms with van der Waals surface area (Å²) in [6.45, 7) is 1.92. The van der Waals surface area contributed by atoms with Gasteiger partial charge in [0.15, 0.2) is 0 Å². The lowest BCUT2D eigenvalue weighted by Crippen LogP contribution is -2.16. The van der Waals surface area contributed by atoms with Crippen molar-refractivity contribution >= 4 is 21.6 Å². The predicted molar refractivity (Wildman–Crippen MR) is 112 cm³/mol. The summed E-state index contributed by atoms with van der Waals surface area (Å²) in [7, 11) is -3.85. The number of aryl methyl sites for hydroxylation is 1. The highest BCUT2D eigenvalue weighted by Crippen LogP contribution is 2.30. The van der Waals surface area contributed by atoms with Crippen LogP contribution in [0.2, 0.25) is 5.02 Å². The maximum Gasteiger partial charge on any atom is 0.283 e. The minimum absolute atomic E-state index is 0.195. The molecule has 0 saturated heterocycles. The van der Waals surface area contributed by atoms with Crippen LogP contribution in [-0.4, -0.2) is 17.6 Å². The standard InChI is InChI=1S/C22H17ClN2O2S/c1-16-7-13-20(14-8-16)28(26,27)25-22(18-5-3-2-4-6-18)15-21(24-25)17-9-11-19(23)12-10-17/h2-15H,1H3. The van der Waals surface area contributed by atoms with Crippen LogP contribution in [0.15, 0.2) is 89.8 Å². The first-order valence-electron chi connectivity index (χ1n) is 8.69. The van der Waals surface area contributed by atoms with Crippen molar-refractivity contribution in [2.24, 2.45) is 0 Å². The average molecular weight is 409 g/mol. The van der Waals surface area contributed by atoms with Crippen molar-refractivity contribution in [3.63, 3.8) is 0 Å². The van der Waals surface area contributed by atoms with E-state index in [4.69, 9.17) is 11.6 Å². The highest BCUT2D eigenvalue weighted by molar-refractivity contribution is 7.90. The molecule has 0 atom stereocenters. The van der Waals surface area contributed by atoms with E-state index in [0.29, 0.717) is 16.4 Å². The first-order chi connectivity index (χ1) is 13.4. The Balaban J connectivity index is 1.92. The van der Waals surface area contributed by atoms with E-state index >= 15 is 0 Å². The minimum atomic E-state index is -3.85. The van der Waals surface area contributed by atoms with Crippen LogP contribution in [0.1, 0.15) is 5.56 Å². The van der Waals surface area contributed by atoms with Gasteiger partial charge in [0.05, 0.1) is 16.3 Å². The van der Waals surface area contributed by atoms with Crippen LogP contribution in [0.3, 0.4) is 0 Å². The quantitative estimate of drug-likeness (QED) is 0.453. The topological polar surface area (TPSA) is 52.0 Å². The molecule has 3 aromatic carbocycles. The molecular formula is C22H17ClN2O2S. The summed E-state index contributed by atoms with van der Waals surface area (Å²) in [5.74, 6) is 0. The van der Waals surface area contributed by atoms with Crippen molar-refractivity contribution in [1.82, 2.24) is 9.19 Å². The molecule has 0 bridgehead atoms. The Morgan fingerprint density at radius 1 is 0.821 bits per heavy atom. The number of benzene rings is 3. The second-order valence-corrected chi connectivity index (χ2v) is 8.65. The second kappa shape index (κ2) is 7.26. The molecule has 4 rings (SSSR count). The molecule has 0 aliphatic carbocycles. The van der Waals surface area contributed by atoms with Gasteiger partial charge < -0.3 is 0 Å². The van der Waals surface area contributed by atoms with Crippen molar-refractivity contribution in [2.45, 2.75) is 11.8 Å². The van der Waals surface area contributed by atoms with Crippen molar-refractivity contribution in [2.75, 3.05) is 0 Å². The van der Waals surface area contributed by atoms with Gasteiger partial charge in [0.25, 0.3) is 10.0 Å². The van der Waals surface area contributed by atoms with Crippen molar-refractivity contribution in [3.05, 3.63) is 95.5 Å². The number of hydrogen-bond acceptors (Lipinski definition) is 3. The molecule has 1 heterocycles. The van der Waals surface area contributed by atoms with E-state index in [9.17, 15) is 8.42 Å². The Hall–Kier alpha value is -2.89. The molecule has 4 nitrogen and oxygen atoms in total. The zero-order valence-electron chi connectivity index (χ0n) is 15.1. The van der Waals surface area contributed by atoms with Crippen LogP contribution < -0.4 is 0 Å². The van der Waals surface area contributed by atoms with Crippen LogP contribution in [0, 0.1) is 6.92 Å². The molecule has 0 fully saturated rings. The van der Waals surface area contributed by atoms with E-state index in [-0.39, 0.29) is 4.90 Å². The van der Waals surface area contributed by atoms with E-state index in [1.165, 1.54) is 0 Å². The number of nitrogens with zero attached hydrogens (tertiary/aromatic N) is 2. The third kappa shape index (κ3) is 3.46. The first-order valence-corrected chi connectivity index (χ1v) is 10.5. The molecule has 28 heavy (non-hydrogen) atoms. The van der Waals surface area contributed by atoms with Gasteiger partial charge in [0, 0.05) is 16.1 Å². The molecule has 0 aliphatic rings. The smallest absolute Gasteiger partial charge is 0.199 e. The Morgan fingerprint density at radius 3 is 2.11 bits per heavy atom. The number of rotatable bonds is 4. The lowest BCUT2D eigenvalue weighted by Gasteiger charge is -2.09. The average Bonchev–Trinajstić information content (AvgIpc) is 3.16. The van der Waals surface area contributed by atoms with E-state index in [1.807, 2.05) is 49.4 Å². The van der Waals surface area contributed by atoms with Gasteiger partial charge in [-0.25, -0.2) is 0 Å². The summed E-state index contributed by atoms with van der Waals surface area (Å²) < 4.78 is 27.7. The summed E-state index contributed by atoms with van der Waals surface area (Å²) in [6.07, 6.45) is 0. The molecule has 140 valence electrons. The van der Waals surface area contributed by atoms with E-state index in [0.717, 1.165) is 20.8 Å². The summed E-state index contributed by atoms with van der Waals surface area (Å²) in [5, 5.41) is 5.05. The third-order valence-corrected chi connectivity index (χ3v) is 6.29. The zero-order chi connectivity index (χ0) is 19.7. The SMILES string of the molecule is Cc1ccc(S(=O)(=O)n2nc(-c3ccc(Cl)cc3)cc2-c2ccccc2)cc1. The lowest BCUT2D eigenvalue weighted by atomic mass is 10.1. The van der Waals surface area contributed by atoms with Gasteiger partial charge in [-0.3, -0.25) is 0 Å². The maximum absolute atomic E-state index is 13.3. The van der Waals surface area contributed by atoms with Gasteiger partial charge >= 0.3 is 0 Å². The molecule has 0 unspecified atom stereocenters. The fraction of sp³-hybridized carbons (Fsp3) is 0.0455. The highest BCUT2D eigenvalue weighted by atomic mass is 35.5. The van der Waals surface area contributed by atoms with Crippen molar-refractivity contribution < 1.29 is 8.42 Å². The summed E-state index contributed by atoms with van der Waals surface area (Å²) in [6, 6.07) is 25.0. The molecule has 0 aliphatic heterocycles. The van der Waals surface area contributed by atoms with Gasteiger partial charge in [-0.15, -0.1) is 0 Å². The van der Waals surface area contributed by atoms with Crippen molar-refractivity contribution in [3.8, 4) is 22.5 Å². The van der Waals surface area contributed by atoms with Gasteiger partial charge in [-0.2, -0.15) is 17.6 Å². The first kappa shape index (κ1) is 18.5.